The molecule has 1 aliphatic heterocycles. The van der Waals surface area contributed by atoms with Crippen molar-refractivity contribution in [3.8, 4) is 0 Å². The summed E-state index contributed by atoms with van der Waals surface area (Å²) in [7, 11) is 0. The molecule has 3 heterocycles. The first-order chi connectivity index (χ1) is 11.1. The summed E-state index contributed by atoms with van der Waals surface area (Å²) >= 11 is 0. The van der Waals surface area contributed by atoms with Gasteiger partial charge in [-0.3, -0.25) is 4.79 Å². The van der Waals surface area contributed by atoms with Gasteiger partial charge in [-0.25, -0.2) is 15.0 Å². The Bertz CT molecular complexity index is 703. The molecule has 0 spiro atoms. The van der Waals surface area contributed by atoms with Gasteiger partial charge in [-0.2, -0.15) is 0 Å². The predicted octanol–water partition coefficient (Wildman–Crippen LogP) is 2.65. The zero-order valence-corrected chi connectivity index (χ0v) is 13.5. The van der Waals surface area contributed by atoms with Crippen molar-refractivity contribution in [2.24, 2.45) is 0 Å². The number of likely N-dealkylation sites (tertiary alicyclic amines) is 1. The van der Waals surface area contributed by atoms with Crippen molar-refractivity contribution in [1.29, 1.82) is 0 Å². The fraction of sp³-hybridized carbons (Fsp3) is 0.412. The number of anilines is 2. The van der Waals surface area contributed by atoms with Gasteiger partial charge in [0.15, 0.2) is 0 Å². The predicted molar refractivity (Wildman–Crippen MR) is 88.5 cm³/mol. The Morgan fingerprint density at radius 2 is 2.17 bits per heavy atom. The lowest BCUT2D eigenvalue weighted by Gasteiger charge is -2.31. The largest absolute Gasteiger partial charge is 0.342 e. The second-order valence-electron chi connectivity index (χ2n) is 5.90. The molecule has 6 heteroatoms. The van der Waals surface area contributed by atoms with Crippen LogP contribution in [0.4, 0.5) is 11.8 Å². The van der Waals surface area contributed by atoms with E-state index in [4.69, 9.17) is 0 Å². The van der Waals surface area contributed by atoms with Gasteiger partial charge in [-0.15, -0.1) is 0 Å². The zero-order chi connectivity index (χ0) is 16.2. The average molecular weight is 311 g/mol. The zero-order valence-electron chi connectivity index (χ0n) is 13.5. The Morgan fingerprint density at radius 1 is 1.30 bits per heavy atom. The number of rotatable bonds is 3. The maximum absolute atomic E-state index is 11.6. The number of aryl methyl sites for hydroxylation is 1. The van der Waals surface area contributed by atoms with Gasteiger partial charge < -0.3 is 10.2 Å². The topological polar surface area (TPSA) is 71.0 Å². The Kier molecular flexibility index (Phi) is 4.50. The molecule has 3 rings (SSSR count). The smallest absolute Gasteiger partial charge is 0.228 e. The van der Waals surface area contributed by atoms with Crippen molar-refractivity contribution in [3.05, 3.63) is 41.9 Å². The van der Waals surface area contributed by atoms with Gasteiger partial charge in [0.1, 0.15) is 5.82 Å². The molecule has 1 aliphatic rings. The van der Waals surface area contributed by atoms with Crippen LogP contribution in [0, 0.1) is 6.92 Å². The van der Waals surface area contributed by atoms with Crippen LogP contribution in [0.1, 0.15) is 36.9 Å². The second-order valence-corrected chi connectivity index (χ2v) is 5.90. The average Bonchev–Trinajstić information content (AvgIpc) is 2.57. The number of hydrogen-bond donors (Lipinski definition) is 1. The summed E-state index contributed by atoms with van der Waals surface area (Å²) in [5.41, 5.74) is 2.02. The number of pyridine rings is 1. The lowest BCUT2D eigenvalue weighted by Crippen LogP contribution is -2.37. The van der Waals surface area contributed by atoms with Crippen LogP contribution >= 0.6 is 0 Å². The number of piperidine rings is 1. The van der Waals surface area contributed by atoms with E-state index in [1.165, 1.54) is 0 Å². The van der Waals surface area contributed by atoms with Crippen LogP contribution in [-0.2, 0) is 4.79 Å². The third-order valence-electron chi connectivity index (χ3n) is 4.20. The molecule has 0 aromatic carbocycles. The maximum Gasteiger partial charge on any atom is 0.228 e. The molecule has 2 aromatic rings. The maximum atomic E-state index is 11.6. The molecule has 23 heavy (non-hydrogen) atoms. The molecule has 120 valence electrons. The van der Waals surface area contributed by atoms with Crippen molar-refractivity contribution in [1.82, 2.24) is 19.9 Å². The molecule has 6 nitrogen and oxygen atoms in total. The highest BCUT2D eigenvalue weighted by Crippen LogP contribution is 2.26. The number of nitrogens with zero attached hydrogens (tertiary/aromatic N) is 4. The van der Waals surface area contributed by atoms with Crippen molar-refractivity contribution in [2.45, 2.75) is 32.6 Å². The highest BCUT2D eigenvalue weighted by Gasteiger charge is 2.24. The lowest BCUT2D eigenvalue weighted by atomic mass is 9.94. The van der Waals surface area contributed by atoms with Gasteiger partial charge in [0, 0.05) is 38.3 Å². The quantitative estimate of drug-likeness (QED) is 0.943. The van der Waals surface area contributed by atoms with Gasteiger partial charge in [-0.05, 0) is 37.5 Å². The van der Waals surface area contributed by atoms with Crippen LogP contribution in [0.2, 0.25) is 0 Å². The third kappa shape index (κ3) is 3.64. The van der Waals surface area contributed by atoms with Crippen molar-refractivity contribution in [2.75, 3.05) is 18.4 Å². The van der Waals surface area contributed by atoms with E-state index in [2.05, 4.69) is 20.3 Å². The van der Waals surface area contributed by atoms with E-state index in [1.54, 1.807) is 19.3 Å². The summed E-state index contributed by atoms with van der Waals surface area (Å²) in [5, 5.41) is 3.17. The molecule has 0 unspecified atom stereocenters. The molecule has 0 bridgehead atoms. The standard InChI is InChI=1S/C17H21N5O/c1-12-5-3-8-18-16(12)21-17-19-9-7-15(20-17)14-6-4-10-22(11-14)13(2)23/h3,5,7-9,14H,4,6,10-11H2,1-2H3,(H,18,19,20,21)/t14-/m1/s1. The monoisotopic (exact) mass is 311 g/mol. The van der Waals surface area contributed by atoms with E-state index in [9.17, 15) is 4.79 Å². The first-order valence-corrected chi connectivity index (χ1v) is 7.90. The minimum absolute atomic E-state index is 0.131. The van der Waals surface area contributed by atoms with Crippen molar-refractivity contribution < 1.29 is 4.79 Å². The summed E-state index contributed by atoms with van der Waals surface area (Å²) in [6, 6.07) is 5.83. The van der Waals surface area contributed by atoms with E-state index in [0.717, 1.165) is 43.0 Å². The van der Waals surface area contributed by atoms with Crippen LogP contribution < -0.4 is 5.32 Å². The highest BCUT2D eigenvalue weighted by atomic mass is 16.2. The molecule has 1 fully saturated rings. The van der Waals surface area contributed by atoms with Crippen LogP contribution in [0.3, 0.4) is 0 Å². The molecule has 1 atom stereocenters. The summed E-state index contributed by atoms with van der Waals surface area (Å²) in [6.45, 7) is 5.19. The van der Waals surface area contributed by atoms with E-state index in [1.807, 2.05) is 30.0 Å². The van der Waals surface area contributed by atoms with Gasteiger partial charge in [0.05, 0.1) is 5.69 Å². The summed E-state index contributed by atoms with van der Waals surface area (Å²) in [5.74, 6) is 1.70. The lowest BCUT2D eigenvalue weighted by molar-refractivity contribution is -0.130. The molecule has 0 aliphatic carbocycles. The molecule has 1 saturated heterocycles. The SMILES string of the molecule is CC(=O)N1CCC[C@@H](c2ccnc(Nc3ncccc3C)n2)C1. The Balaban J connectivity index is 1.77. The fourth-order valence-electron chi connectivity index (χ4n) is 2.89. The van der Waals surface area contributed by atoms with E-state index < -0.39 is 0 Å². The number of nitrogens with one attached hydrogen (secondary N) is 1. The minimum Gasteiger partial charge on any atom is -0.342 e. The summed E-state index contributed by atoms with van der Waals surface area (Å²) in [6.07, 6.45) is 5.56. The van der Waals surface area contributed by atoms with Crippen molar-refractivity contribution in [3.63, 3.8) is 0 Å². The molecule has 0 radical (unpaired) electrons. The molecule has 0 saturated carbocycles. The number of hydrogen-bond acceptors (Lipinski definition) is 5. The normalized spacial score (nSPS) is 17.8. The fourth-order valence-corrected chi connectivity index (χ4v) is 2.89. The molecule has 2 aromatic heterocycles. The second kappa shape index (κ2) is 6.73. The number of amides is 1. The summed E-state index contributed by atoms with van der Waals surface area (Å²) < 4.78 is 0. The van der Waals surface area contributed by atoms with Gasteiger partial charge in [0.25, 0.3) is 0 Å². The van der Waals surface area contributed by atoms with Gasteiger partial charge >= 0.3 is 0 Å². The Labute approximate surface area is 136 Å². The number of aromatic nitrogens is 3. The van der Waals surface area contributed by atoms with Gasteiger partial charge in [-0.1, -0.05) is 6.07 Å². The highest BCUT2D eigenvalue weighted by molar-refractivity contribution is 5.73. The van der Waals surface area contributed by atoms with E-state index in [0.29, 0.717) is 5.95 Å². The Morgan fingerprint density at radius 3 is 2.96 bits per heavy atom. The Hall–Kier alpha value is -2.50. The summed E-state index contributed by atoms with van der Waals surface area (Å²) in [4.78, 5) is 26.7. The van der Waals surface area contributed by atoms with Gasteiger partial charge in [0.2, 0.25) is 11.9 Å². The molecular formula is C17H21N5O. The number of carbonyl (C=O) groups is 1. The van der Waals surface area contributed by atoms with E-state index in [-0.39, 0.29) is 11.8 Å². The molecule has 1 amide bonds. The van der Waals surface area contributed by atoms with Crippen LogP contribution in [0.25, 0.3) is 0 Å². The van der Waals surface area contributed by atoms with Crippen LogP contribution in [0.5, 0.6) is 0 Å². The van der Waals surface area contributed by atoms with Crippen molar-refractivity contribution >= 4 is 17.7 Å². The third-order valence-corrected chi connectivity index (χ3v) is 4.20. The van der Waals surface area contributed by atoms with E-state index >= 15 is 0 Å². The number of carbonyl (C=O) groups excluding carboxylic acids is 1. The van der Waals surface area contributed by atoms with Crippen LogP contribution in [-0.4, -0.2) is 38.8 Å². The first-order valence-electron chi connectivity index (χ1n) is 7.90. The molecule has 1 N–H and O–H groups in total. The molecular weight excluding hydrogens is 290 g/mol. The minimum atomic E-state index is 0.131. The van der Waals surface area contributed by atoms with Crippen LogP contribution in [0.15, 0.2) is 30.6 Å². The first kappa shape index (κ1) is 15.4.